The third-order valence-electron chi connectivity index (χ3n) is 2.69. The van der Waals surface area contributed by atoms with Gasteiger partial charge in [-0.3, -0.25) is 9.48 Å². The second kappa shape index (κ2) is 4.72. The molecule has 0 aliphatic carbocycles. The molecule has 0 saturated heterocycles. The van der Waals surface area contributed by atoms with Gasteiger partial charge in [0.05, 0.1) is 6.20 Å². The van der Waals surface area contributed by atoms with Crippen molar-refractivity contribution in [1.82, 2.24) is 9.78 Å². The molecule has 88 valence electrons. The lowest BCUT2D eigenvalue weighted by atomic mass is 10.0. The van der Waals surface area contributed by atoms with Gasteiger partial charge in [0, 0.05) is 30.3 Å². The molecule has 0 N–H and O–H groups in total. The summed E-state index contributed by atoms with van der Waals surface area (Å²) in [6, 6.07) is 5.39. The van der Waals surface area contributed by atoms with Gasteiger partial charge in [-0.05, 0) is 24.1 Å². The lowest BCUT2D eigenvalue weighted by Crippen LogP contribution is -2.05. The molecule has 17 heavy (non-hydrogen) atoms. The zero-order valence-corrected chi connectivity index (χ0v) is 10.5. The average Bonchev–Trinajstić information content (AvgIpc) is 2.68. The van der Waals surface area contributed by atoms with E-state index in [-0.39, 0.29) is 5.78 Å². The van der Waals surface area contributed by atoms with Gasteiger partial charge in [-0.1, -0.05) is 23.7 Å². The van der Waals surface area contributed by atoms with Crippen LogP contribution in [0.4, 0.5) is 0 Å². The lowest BCUT2D eigenvalue weighted by Gasteiger charge is -2.05. The summed E-state index contributed by atoms with van der Waals surface area (Å²) in [5.74, 6) is 0.0676. The van der Waals surface area contributed by atoms with E-state index in [1.54, 1.807) is 29.1 Å². The Hall–Kier alpha value is -1.61. The molecule has 0 fully saturated rings. The molecule has 0 unspecified atom stereocenters. The summed E-state index contributed by atoms with van der Waals surface area (Å²) < 4.78 is 1.69. The second-order valence-electron chi connectivity index (χ2n) is 4.03. The molecule has 0 bridgehead atoms. The summed E-state index contributed by atoms with van der Waals surface area (Å²) >= 11 is 6.00. The van der Waals surface area contributed by atoms with E-state index in [4.69, 9.17) is 11.6 Å². The summed E-state index contributed by atoms with van der Waals surface area (Å²) in [5.41, 5.74) is 2.43. The van der Waals surface area contributed by atoms with E-state index in [2.05, 4.69) is 5.10 Å². The molecule has 2 rings (SSSR count). The van der Waals surface area contributed by atoms with Crippen LogP contribution >= 0.6 is 11.6 Å². The summed E-state index contributed by atoms with van der Waals surface area (Å²) in [6.45, 7) is 1.86. The fourth-order valence-electron chi connectivity index (χ4n) is 1.75. The van der Waals surface area contributed by atoms with Gasteiger partial charge < -0.3 is 0 Å². The Bertz CT molecular complexity index is 560. The molecule has 3 nitrogen and oxygen atoms in total. The third-order valence-corrected chi connectivity index (χ3v) is 3.10. The highest BCUT2D eigenvalue weighted by Crippen LogP contribution is 2.20. The first-order valence-electron chi connectivity index (χ1n) is 5.34. The topological polar surface area (TPSA) is 34.9 Å². The van der Waals surface area contributed by atoms with Crippen molar-refractivity contribution in [2.45, 2.75) is 13.3 Å². The van der Waals surface area contributed by atoms with Crippen LogP contribution < -0.4 is 0 Å². The van der Waals surface area contributed by atoms with Crippen LogP contribution in [0.15, 0.2) is 30.6 Å². The molecule has 1 aromatic heterocycles. The molecule has 0 radical (unpaired) electrons. The molecule has 0 atom stereocenters. The van der Waals surface area contributed by atoms with Crippen LogP contribution in [-0.4, -0.2) is 15.6 Å². The highest BCUT2D eigenvalue weighted by atomic mass is 35.5. The molecule has 0 aliphatic rings. The third kappa shape index (κ3) is 2.56. The minimum atomic E-state index is 0.0676. The lowest BCUT2D eigenvalue weighted by molar-refractivity contribution is 0.0992. The van der Waals surface area contributed by atoms with E-state index < -0.39 is 0 Å². The number of hydrogen-bond acceptors (Lipinski definition) is 2. The van der Waals surface area contributed by atoms with E-state index in [1.165, 1.54) is 0 Å². The van der Waals surface area contributed by atoms with Crippen molar-refractivity contribution in [1.29, 1.82) is 0 Å². The average molecular weight is 249 g/mol. The van der Waals surface area contributed by atoms with E-state index in [0.29, 0.717) is 17.0 Å². The van der Waals surface area contributed by atoms with Gasteiger partial charge >= 0.3 is 0 Å². The Morgan fingerprint density at radius 2 is 2.24 bits per heavy atom. The highest BCUT2D eigenvalue weighted by molar-refractivity contribution is 6.31. The maximum atomic E-state index is 12.1. The number of halogens is 1. The molecule has 2 aromatic rings. The number of aryl methyl sites for hydroxylation is 1. The van der Waals surface area contributed by atoms with Crippen LogP contribution in [0, 0.1) is 6.92 Å². The van der Waals surface area contributed by atoms with Gasteiger partial charge in [-0.2, -0.15) is 5.10 Å². The predicted molar refractivity (Wildman–Crippen MR) is 67.4 cm³/mol. The van der Waals surface area contributed by atoms with E-state index in [1.807, 2.05) is 20.2 Å². The van der Waals surface area contributed by atoms with Crippen molar-refractivity contribution in [3.05, 3.63) is 52.3 Å². The number of benzene rings is 1. The van der Waals surface area contributed by atoms with Crippen LogP contribution in [0.3, 0.4) is 0 Å². The van der Waals surface area contributed by atoms with Gasteiger partial charge in [0.15, 0.2) is 5.78 Å². The molecule has 1 aromatic carbocycles. The summed E-state index contributed by atoms with van der Waals surface area (Å²) in [5, 5.41) is 4.67. The fraction of sp³-hybridized carbons (Fsp3) is 0.231. The number of nitrogens with zero attached hydrogens (tertiary/aromatic N) is 2. The number of carbonyl (C=O) groups excluding carboxylic acids is 1. The quantitative estimate of drug-likeness (QED) is 0.783. The van der Waals surface area contributed by atoms with E-state index in [9.17, 15) is 4.79 Å². The first-order chi connectivity index (χ1) is 8.08. The summed E-state index contributed by atoms with van der Waals surface area (Å²) in [6.07, 6.45) is 3.91. The SMILES string of the molecule is Cc1c(Cl)cccc1C(=O)Cc1cnn(C)c1. The second-order valence-corrected chi connectivity index (χ2v) is 4.44. The first-order valence-corrected chi connectivity index (χ1v) is 5.71. The first kappa shape index (κ1) is 11.9. The molecule has 4 heteroatoms. The number of Topliss-reactive ketones (excluding diaryl/α,β-unsaturated/α-hetero) is 1. The van der Waals surface area contributed by atoms with Gasteiger partial charge in [0.2, 0.25) is 0 Å². The standard InChI is InChI=1S/C13H13ClN2O/c1-9-11(4-3-5-12(9)14)13(17)6-10-7-15-16(2)8-10/h3-5,7-8H,6H2,1-2H3. The van der Waals surface area contributed by atoms with E-state index >= 15 is 0 Å². The Kier molecular flexibility index (Phi) is 3.29. The van der Waals surface area contributed by atoms with Crippen molar-refractivity contribution in [3.63, 3.8) is 0 Å². The smallest absolute Gasteiger partial charge is 0.167 e. The number of aromatic nitrogens is 2. The fourth-order valence-corrected chi connectivity index (χ4v) is 1.93. The number of ketones is 1. The minimum absolute atomic E-state index is 0.0676. The zero-order chi connectivity index (χ0) is 12.4. The van der Waals surface area contributed by atoms with Crippen LogP contribution in [-0.2, 0) is 13.5 Å². The highest BCUT2D eigenvalue weighted by Gasteiger charge is 2.12. The molecule has 0 saturated carbocycles. The van der Waals surface area contributed by atoms with Crippen molar-refractivity contribution in [2.24, 2.45) is 7.05 Å². The van der Waals surface area contributed by atoms with Crippen molar-refractivity contribution >= 4 is 17.4 Å². The molecule has 1 heterocycles. The Morgan fingerprint density at radius 3 is 2.88 bits per heavy atom. The van der Waals surface area contributed by atoms with Gasteiger partial charge in [0.1, 0.15) is 0 Å². The van der Waals surface area contributed by atoms with Gasteiger partial charge in [-0.25, -0.2) is 0 Å². The van der Waals surface area contributed by atoms with Crippen LogP contribution in [0.5, 0.6) is 0 Å². The zero-order valence-electron chi connectivity index (χ0n) is 9.77. The summed E-state index contributed by atoms with van der Waals surface area (Å²) in [4.78, 5) is 12.1. The number of rotatable bonds is 3. The van der Waals surface area contributed by atoms with Gasteiger partial charge in [-0.15, -0.1) is 0 Å². The largest absolute Gasteiger partial charge is 0.294 e. The van der Waals surface area contributed by atoms with Crippen LogP contribution in [0.25, 0.3) is 0 Å². The summed E-state index contributed by atoms with van der Waals surface area (Å²) in [7, 11) is 1.83. The normalized spacial score (nSPS) is 10.5. The van der Waals surface area contributed by atoms with Crippen molar-refractivity contribution < 1.29 is 4.79 Å². The maximum absolute atomic E-state index is 12.1. The molecule has 0 aliphatic heterocycles. The van der Waals surface area contributed by atoms with Gasteiger partial charge in [0.25, 0.3) is 0 Å². The van der Waals surface area contributed by atoms with E-state index in [0.717, 1.165) is 11.1 Å². The maximum Gasteiger partial charge on any atom is 0.167 e. The number of carbonyl (C=O) groups is 1. The molecular weight excluding hydrogens is 236 g/mol. The molecular formula is C13H13ClN2O. The van der Waals surface area contributed by atoms with Crippen LogP contribution in [0.1, 0.15) is 21.5 Å². The Morgan fingerprint density at radius 1 is 1.47 bits per heavy atom. The molecule has 0 spiro atoms. The van der Waals surface area contributed by atoms with Crippen molar-refractivity contribution in [2.75, 3.05) is 0 Å². The Balaban J connectivity index is 2.23. The minimum Gasteiger partial charge on any atom is -0.294 e. The van der Waals surface area contributed by atoms with Crippen molar-refractivity contribution in [3.8, 4) is 0 Å². The number of hydrogen-bond donors (Lipinski definition) is 0. The Labute approximate surface area is 105 Å². The monoisotopic (exact) mass is 248 g/mol. The predicted octanol–water partition coefficient (Wildman–Crippen LogP) is 2.81. The van der Waals surface area contributed by atoms with Crippen LogP contribution in [0.2, 0.25) is 5.02 Å². The molecule has 0 amide bonds.